The summed E-state index contributed by atoms with van der Waals surface area (Å²) in [7, 11) is 0. The van der Waals surface area contributed by atoms with Gasteiger partial charge in [-0.25, -0.2) is 0 Å². The number of amides is 1. The van der Waals surface area contributed by atoms with E-state index in [2.05, 4.69) is 48.9 Å². The number of hydrogen-bond donors (Lipinski definition) is 2. The molecule has 0 aromatic heterocycles. The van der Waals surface area contributed by atoms with Gasteiger partial charge in [-0.2, -0.15) is 0 Å². The van der Waals surface area contributed by atoms with Gasteiger partial charge >= 0.3 is 0 Å². The number of phenols is 1. The van der Waals surface area contributed by atoms with Crippen molar-refractivity contribution in [1.29, 1.82) is 0 Å². The predicted molar refractivity (Wildman–Crippen MR) is 74.6 cm³/mol. The number of rotatable bonds is 2. The fraction of sp³-hybridized carbons (Fsp3) is 0.500. The Bertz CT molecular complexity index is 495. The molecule has 2 N–H and O–H groups in total. The summed E-state index contributed by atoms with van der Waals surface area (Å²) in [4.78, 5) is 12.2. The molecular formula is C14H18BrNO2. The van der Waals surface area contributed by atoms with E-state index in [-0.39, 0.29) is 28.5 Å². The standard InChI is InChI=1S/C14H18BrNO2/c1-13(2)12(14(13,3)4)16-11(18)9-7-8(15)5-6-10(9)17/h5-7,12,17H,1-4H3,(H,16,18). The molecule has 1 amide bonds. The van der Waals surface area contributed by atoms with Crippen molar-refractivity contribution in [1.82, 2.24) is 5.32 Å². The fourth-order valence-electron chi connectivity index (χ4n) is 2.46. The van der Waals surface area contributed by atoms with Gasteiger partial charge in [0, 0.05) is 10.5 Å². The predicted octanol–water partition coefficient (Wildman–Crippen LogP) is 3.32. The smallest absolute Gasteiger partial charge is 0.255 e. The SMILES string of the molecule is CC1(C)C(NC(=O)c2cc(Br)ccc2O)C1(C)C. The Kier molecular flexibility index (Phi) is 2.97. The molecule has 0 unspecified atom stereocenters. The molecule has 1 aromatic rings. The second kappa shape index (κ2) is 3.98. The maximum absolute atomic E-state index is 12.2. The Labute approximate surface area is 116 Å². The minimum atomic E-state index is -0.225. The summed E-state index contributed by atoms with van der Waals surface area (Å²) in [5.74, 6) is -0.218. The highest BCUT2D eigenvalue weighted by molar-refractivity contribution is 9.10. The topological polar surface area (TPSA) is 49.3 Å². The van der Waals surface area contributed by atoms with Crippen LogP contribution in [0.1, 0.15) is 38.1 Å². The first-order valence-corrected chi connectivity index (χ1v) is 6.76. The van der Waals surface area contributed by atoms with Crippen LogP contribution < -0.4 is 5.32 Å². The third kappa shape index (κ3) is 1.92. The zero-order valence-corrected chi connectivity index (χ0v) is 12.6. The van der Waals surface area contributed by atoms with Gasteiger partial charge in [-0.3, -0.25) is 4.79 Å². The summed E-state index contributed by atoms with van der Waals surface area (Å²) in [6.45, 7) is 8.55. The third-order valence-electron chi connectivity index (χ3n) is 4.50. The van der Waals surface area contributed by atoms with Gasteiger partial charge in [0.2, 0.25) is 0 Å². The highest BCUT2D eigenvalue weighted by Crippen LogP contribution is 2.62. The molecule has 0 saturated heterocycles. The number of benzene rings is 1. The van der Waals surface area contributed by atoms with Crippen LogP contribution in [0.4, 0.5) is 0 Å². The Morgan fingerprint density at radius 3 is 2.33 bits per heavy atom. The summed E-state index contributed by atoms with van der Waals surface area (Å²) in [5, 5.41) is 12.7. The summed E-state index contributed by atoms with van der Waals surface area (Å²) >= 11 is 3.30. The fourth-order valence-corrected chi connectivity index (χ4v) is 2.82. The lowest BCUT2D eigenvalue weighted by Crippen LogP contribution is -2.29. The first-order valence-electron chi connectivity index (χ1n) is 5.97. The molecular weight excluding hydrogens is 294 g/mol. The van der Waals surface area contributed by atoms with E-state index in [9.17, 15) is 9.90 Å². The molecule has 0 radical (unpaired) electrons. The van der Waals surface area contributed by atoms with Crippen molar-refractivity contribution < 1.29 is 9.90 Å². The number of aromatic hydroxyl groups is 1. The van der Waals surface area contributed by atoms with E-state index >= 15 is 0 Å². The van der Waals surface area contributed by atoms with Gasteiger partial charge in [0.25, 0.3) is 5.91 Å². The van der Waals surface area contributed by atoms with Crippen molar-refractivity contribution in [3.63, 3.8) is 0 Å². The Hall–Kier alpha value is -1.03. The van der Waals surface area contributed by atoms with Gasteiger partial charge < -0.3 is 10.4 Å². The van der Waals surface area contributed by atoms with Crippen molar-refractivity contribution in [2.75, 3.05) is 0 Å². The van der Waals surface area contributed by atoms with E-state index in [0.29, 0.717) is 5.56 Å². The van der Waals surface area contributed by atoms with Gasteiger partial charge in [0.05, 0.1) is 5.56 Å². The zero-order chi connectivity index (χ0) is 13.7. The molecule has 0 bridgehead atoms. The van der Waals surface area contributed by atoms with Crippen LogP contribution >= 0.6 is 15.9 Å². The van der Waals surface area contributed by atoms with Crippen molar-refractivity contribution in [2.24, 2.45) is 10.8 Å². The molecule has 0 spiro atoms. The van der Waals surface area contributed by atoms with Crippen LogP contribution in [-0.4, -0.2) is 17.1 Å². The number of phenolic OH excluding ortho intramolecular Hbond substituents is 1. The Balaban J connectivity index is 2.17. The molecule has 1 aliphatic carbocycles. The van der Waals surface area contributed by atoms with Gasteiger partial charge in [0.15, 0.2) is 0 Å². The Morgan fingerprint density at radius 2 is 1.83 bits per heavy atom. The lowest BCUT2D eigenvalue weighted by Gasteiger charge is -2.08. The molecule has 0 aliphatic heterocycles. The van der Waals surface area contributed by atoms with E-state index in [1.54, 1.807) is 12.1 Å². The maximum Gasteiger partial charge on any atom is 0.255 e. The van der Waals surface area contributed by atoms with E-state index in [4.69, 9.17) is 0 Å². The van der Waals surface area contributed by atoms with E-state index < -0.39 is 0 Å². The lowest BCUT2D eigenvalue weighted by molar-refractivity contribution is 0.0941. The Morgan fingerprint density at radius 1 is 1.28 bits per heavy atom. The monoisotopic (exact) mass is 311 g/mol. The summed E-state index contributed by atoms with van der Waals surface area (Å²) < 4.78 is 0.778. The van der Waals surface area contributed by atoms with Crippen LogP contribution in [0.2, 0.25) is 0 Å². The molecule has 2 rings (SSSR count). The van der Waals surface area contributed by atoms with Gasteiger partial charge in [0.1, 0.15) is 5.75 Å². The summed E-state index contributed by atoms with van der Waals surface area (Å²) in [6, 6.07) is 4.99. The molecule has 1 saturated carbocycles. The van der Waals surface area contributed by atoms with E-state index in [0.717, 1.165) is 4.47 Å². The van der Waals surface area contributed by atoms with Crippen LogP contribution in [0, 0.1) is 10.8 Å². The van der Waals surface area contributed by atoms with Gasteiger partial charge in [-0.1, -0.05) is 43.6 Å². The lowest BCUT2D eigenvalue weighted by atomic mass is 10.0. The van der Waals surface area contributed by atoms with Crippen LogP contribution in [0.15, 0.2) is 22.7 Å². The van der Waals surface area contributed by atoms with Gasteiger partial charge in [-0.05, 0) is 29.0 Å². The van der Waals surface area contributed by atoms with Crippen LogP contribution in [0.3, 0.4) is 0 Å². The third-order valence-corrected chi connectivity index (χ3v) is 4.99. The minimum Gasteiger partial charge on any atom is -0.507 e. The van der Waals surface area contributed by atoms with E-state index in [1.165, 1.54) is 6.07 Å². The number of carbonyl (C=O) groups is 1. The molecule has 1 aromatic carbocycles. The minimum absolute atomic E-state index is 0.00645. The molecule has 1 fully saturated rings. The number of hydrogen-bond acceptors (Lipinski definition) is 2. The molecule has 0 atom stereocenters. The second-order valence-electron chi connectivity index (χ2n) is 6.01. The first kappa shape index (κ1) is 13.4. The van der Waals surface area contributed by atoms with Crippen LogP contribution in [0.5, 0.6) is 5.75 Å². The molecule has 0 heterocycles. The number of nitrogens with one attached hydrogen (secondary N) is 1. The first-order chi connectivity index (χ1) is 8.18. The number of carbonyl (C=O) groups excluding carboxylic acids is 1. The normalized spacial score (nSPS) is 20.5. The quantitative estimate of drug-likeness (QED) is 0.880. The molecule has 98 valence electrons. The molecule has 4 heteroatoms. The highest BCUT2D eigenvalue weighted by Gasteiger charge is 2.65. The largest absolute Gasteiger partial charge is 0.507 e. The van der Waals surface area contributed by atoms with Crippen molar-refractivity contribution in [3.05, 3.63) is 28.2 Å². The maximum atomic E-state index is 12.2. The highest BCUT2D eigenvalue weighted by atomic mass is 79.9. The number of halogens is 1. The average Bonchev–Trinajstić information content (AvgIpc) is 2.64. The molecule has 1 aliphatic rings. The second-order valence-corrected chi connectivity index (χ2v) is 6.93. The average molecular weight is 312 g/mol. The summed E-state index contributed by atoms with van der Waals surface area (Å²) in [6.07, 6.45) is 0. The van der Waals surface area contributed by atoms with Crippen molar-refractivity contribution in [3.8, 4) is 5.75 Å². The molecule has 3 nitrogen and oxygen atoms in total. The van der Waals surface area contributed by atoms with Gasteiger partial charge in [-0.15, -0.1) is 0 Å². The molecule has 18 heavy (non-hydrogen) atoms. The van der Waals surface area contributed by atoms with Crippen molar-refractivity contribution >= 4 is 21.8 Å². The van der Waals surface area contributed by atoms with Crippen LogP contribution in [-0.2, 0) is 0 Å². The van der Waals surface area contributed by atoms with Crippen LogP contribution in [0.25, 0.3) is 0 Å². The zero-order valence-electron chi connectivity index (χ0n) is 11.0. The van der Waals surface area contributed by atoms with E-state index in [1.807, 2.05) is 0 Å². The summed E-state index contributed by atoms with van der Waals surface area (Å²) in [5.41, 5.74) is 0.483. The van der Waals surface area contributed by atoms with Crippen molar-refractivity contribution in [2.45, 2.75) is 33.7 Å².